The predicted octanol–water partition coefficient (Wildman–Crippen LogP) is 2.77. The molecule has 4 rings (SSSR count). The van der Waals surface area contributed by atoms with E-state index in [-0.39, 0.29) is 11.6 Å². The van der Waals surface area contributed by atoms with Crippen molar-refractivity contribution in [2.24, 2.45) is 5.73 Å². The highest BCUT2D eigenvalue weighted by Crippen LogP contribution is 2.20. The summed E-state index contributed by atoms with van der Waals surface area (Å²) in [4.78, 5) is 24.6. The molecule has 0 radical (unpaired) electrons. The molecule has 170 valence electrons. The van der Waals surface area contributed by atoms with Gasteiger partial charge in [-0.1, -0.05) is 30.3 Å². The molecule has 1 aliphatic rings. The molecule has 3 N–H and O–H groups in total. The van der Waals surface area contributed by atoms with Crippen molar-refractivity contribution in [3.05, 3.63) is 65.9 Å². The monoisotopic (exact) mass is 459 g/mol. The van der Waals surface area contributed by atoms with E-state index in [1.165, 1.54) is 0 Å². The fraction of sp³-hybridized carbons (Fsp3) is 0.304. The number of nitrogens with zero attached hydrogens (tertiary/aromatic N) is 2. The molecular weight excluding hydrogens is 434 g/mol. The standard InChI is InChI=1S/C14H20N2O3.C9H6ClNO2/c1-18-12-4-2-11(3-5-12)10-13(15)14(17)16-6-8-19-9-7-16;10-11-7-4-2-1-3-6(7)5-8(11)9(12)13/h2-5,13H,6-10,15H2,1H3;1-5H,(H,12,13)/t13-;/m0./s1. The number of carbonyl (C=O) groups is 2. The van der Waals surface area contributed by atoms with E-state index in [0.717, 1.165) is 20.8 Å². The van der Waals surface area contributed by atoms with Crippen LogP contribution in [0.1, 0.15) is 16.1 Å². The largest absolute Gasteiger partial charge is 0.497 e. The van der Waals surface area contributed by atoms with Crippen LogP contribution >= 0.6 is 11.8 Å². The lowest BCUT2D eigenvalue weighted by Gasteiger charge is -2.29. The minimum absolute atomic E-state index is 0.000817. The van der Waals surface area contributed by atoms with Crippen LogP contribution in [0.4, 0.5) is 0 Å². The maximum absolute atomic E-state index is 12.1. The molecule has 1 aromatic heterocycles. The smallest absolute Gasteiger partial charge is 0.353 e. The van der Waals surface area contributed by atoms with Crippen molar-refractivity contribution >= 4 is 34.6 Å². The molecule has 32 heavy (non-hydrogen) atoms. The van der Waals surface area contributed by atoms with Crippen molar-refractivity contribution < 1.29 is 24.2 Å². The summed E-state index contributed by atoms with van der Waals surface area (Å²) in [5, 5.41) is 9.59. The summed E-state index contributed by atoms with van der Waals surface area (Å²) < 4.78 is 11.5. The molecule has 0 unspecified atom stereocenters. The number of hydrogen-bond donors (Lipinski definition) is 2. The normalized spacial score (nSPS) is 14.4. The second-order valence-electron chi connectivity index (χ2n) is 7.27. The van der Waals surface area contributed by atoms with Crippen molar-refractivity contribution in [2.75, 3.05) is 33.4 Å². The first-order valence-corrected chi connectivity index (χ1v) is 10.5. The van der Waals surface area contributed by atoms with E-state index in [4.69, 9.17) is 32.1 Å². The number of ether oxygens (including phenoxy) is 2. The number of hydrogen-bond acceptors (Lipinski definition) is 5. The molecular formula is C23H26ClN3O5. The van der Waals surface area contributed by atoms with Crippen molar-refractivity contribution in [1.29, 1.82) is 0 Å². The van der Waals surface area contributed by atoms with Gasteiger partial charge in [-0.05, 0) is 36.2 Å². The van der Waals surface area contributed by atoms with Crippen LogP contribution in [-0.2, 0) is 16.0 Å². The topological polar surface area (TPSA) is 107 Å². The molecule has 9 heteroatoms. The molecule has 0 bridgehead atoms. The average Bonchev–Trinajstić information content (AvgIpc) is 3.17. The van der Waals surface area contributed by atoms with E-state index in [2.05, 4.69) is 0 Å². The van der Waals surface area contributed by atoms with E-state index < -0.39 is 12.0 Å². The van der Waals surface area contributed by atoms with Crippen LogP contribution in [0, 0.1) is 0 Å². The fourth-order valence-electron chi connectivity index (χ4n) is 3.39. The fourth-order valence-corrected chi connectivity index (χ4v) is 3.66. The number of morpholine rings is 1. The third-order valence-corrected chi connectivity index (χ3v) is 5.49. The summed E-state index contributed by atoms with van der Waals surface area (Å²) in [7, 11) is 1.63. The van der Waals surface area contributed by atoms with Gasteiger partial charge < -0.3 is 25.2 Å². The number of aromatic nitrogens is 1. The number of para-hydroxylation sites is 1. The van der Waals surface area contributed by atoms with Gasteiger partial charge in [0.25, 0.3) is 0 Å². The summed E-state index contributed by atoms with van der Waals surface area (Å²) in [6.45, 7) is 2.46. The molecule has 0 spiro atoms. The van der Waals surface area contributed by atoms with E-state index in [9.17, 15) is 9.59 Å². The molecule has 1 aliphatic heterocycles. The highest BCUT2D eigenvalue weighted by Gasteiger charge is 2.22. The van der Waals surface area contributed by atoms with Crippen LogP contribution in [0.15, 0.2) is 54.6 Å². The van der Waals surface area contributed by atoms with Crippen LogP contribution < -0.4 is 10.5 Å². The molecule has 0 aliphatic carbocycles. The SMILES string of the molecule is COc1ccc(C[C@H](N)C(=O)N2CCOCC2)cc1.O=C(O)c1cc2ccccc2n1Cl. The van der Waals surface area contributed by atoms with Gasteiger partial charge >= 0.3 is 5.97 Å². The Morgan fingerprint density at radius 1 is 1.16 bits per heavy atom. The third-order valence-electron chi connectivity index (χ3n) is 5.13. The molecule has 3 aromatic rings. The van der Waals surface area contributed by atoms with E-state index in [1.807, 2.05) is 42.5 Å². The van der Waals surface area contributed by atoms with Gasteiger partial charge in [0.2, 0.25) is 5.91 Å². The average molecular weight is 460 g/mol. The van der Waals surface area contributed by atoms with Gasteiger partial charge in [0, 0.05) is 30.3 Å². The third kappa shape index (κ3) is 5.79. The maximum atomic E-state index is 12.1. The molecule has 1 amide bonds. The Labute approximate surface area is 191 Å². The number of halogens is 1. The summed E-state index contributed by atoms with van der Waals surface area (Å²) in [6, 6.07) is 15.9. The van der Waals surface area contributed by atoms with Gasteiger partial charge in [-0.2, -0.15) is 0 Å². The minimum atomic E-state index is -1.02. The first-order valence-electron chi connectivity index (χ1n) is 10.2. The first kappa shape index (κ1) is 23.6. The Morgan fingerprint density at radius 2 is 1.81 bits per heavy atom. The number of methoxy groups -OCH3 is 1. The number of fused-ring (bicyclic) bond motifs is 1. The van der Waals surface area contributed by atoms with Crippen molar-refractivity contribution in [3.8, 4) is 5.75 Å². The van der Waals surface area contributed by atoms with Gasteiger partial charge in [0.1, 0.15) is 11.4 Å². The van der Waals surface area contributed by atoms with Gasteiger partial charge in [-0.3, -0.25) is 4.79 Å². The number of rotatable bonds is 5. The Hall–Kier alpha value is -3.07. The van der Waals surface area contributed by atoms with Gasteiger partial charge in [0.15, 0.2) is 0 Å². The highest BCUT2D eigenvalue weighted by atomic mass is 35.5. The van der Waals surface area contributed by atoms with E-state index in [1.54, 1.807) is 24.1 Å². The lowest BCUT2D eigenvalue weighted by Crippen LogP contribution is -2.49. The van der Waals surface area contributed by atoms with Crippen LogP contribution in [0.5, 0.6) is 5.75 Å². The lowest BCUT2D eigenvalue weighted by atomic mass is 10.1. The highest BCUT2D eigenvalue weighted by molar-refractivity contribution is 6.22. The first-order chi connectivity index (χ1) is 15.4. The Kier molecular flexibility index (Phi) is 8.10. The zero-order valence-corrected chi connectivity index (χ0v) is 18.5. The van der Waals surface area contributed by atoms with E-state index in [0.29, 0.717) is 38.2 Å². The number of aromatic carboxylic acids is 1. The van der Waals surface area contributed by atoms with Crippen LogP contribution in [0.25, 0.3) is 10.9 Å². The number of nitrogens with two attached hydrogens (primary N) is 1. The summed E-state index contributed by atoms with van der Waals surface area (Å²) >= 11 is 5.79. The Bertz CT molecular complexity index is 1060. The Balaban J connectivity index is 0.000000193. The van der Waals surface area contributed by atoms with Gasteiger partial charge in [-0.15, -0.1) is 0 Å². The number of amides is 1. The van der Waals surface area contributed by atoms with Crippen LogP contribution in [0.2, 0.25) is 0 Å². The zero-order valence-electron chi connectivity index (χ0n) is 17.7. The molecule has 0 saturated carbocycles. The van der Waals surface area contributed by atoms with Crippen LogP contribution in [-0.4, -0.2) is 65.4 Å². The van der Waals surface area contributed by atoms with Crippen molar-refractivity contribution in [2.45, 2.75) is 12.5 Å². The molecule has 1 saturated heterocycles. The summed E-state index contributed by atoms with van der Waals surface area (Å²) in [5.41, 5.74) is 7.82. The molecule has 8 nitrogen and oxygen atoms in total. The summed E-state index contributed by atoms with van der Waals surface area (Å²) in [6.07, 6.45) is 0.542. The second kappa shape index (κ2) is 11.0. The van der Waals surface area contributed by atoms with Crippen LogP contribution in [0.3, 0.4) is 0 Å². The van der Waals surface area contributed by atoms with Gasteiger partial charge in [-0.25, -0.2) is 8.88 Å². The molecule has 2 heterocycles. The predicted molar refractivity (Wildman–Crippen MR) is 122 cm³/mol. The van der Waals surface area contributed by atoms with Gasteiger partial charge in [0.05, 0.1) is 31.9 Å². The number of carboxylic acids is 1. The zero-order chi connectivity index (χ0) is 23.1. The summed E-state index contributed by atoms with van der Waals surface area (Å²) in [5.74, 6) is -0.220. The minimum Gasteiger partial charge on any atom is -0.497 e. The Morgan fingerprint density at radius 3 is 2.41 bits per heavy atom. The van der Waals surface area contributed by atoms with Crippen molar-refractivity contribution in [1.82, 2.24) is 8.99 Å². The molecule has 1 fully saturated rings. The molecule has 1 atom stereocenters. The number of carboxylic acid groups (broad SMARTS) is 1. The van der Waals surface area contributed by atoms with E-state index >= 15 is 0 Å². The van der Waals surface area contributed by atoms with Crippen molar-refractivity contribution in [3.63, 3.8) is 0 Å². The maximum Gasteiger partial charge on any atom is 0.353 e. The lowest BCUT2D eigenvalue weighted by molar-refractivity contribution is -0.136. The number of carbonyl (C=O) groups excluding carboxylic acids is 1. The second-order valence-corrected chi connectivity index (χ2v) is 7.61. The number of benzene rings is 2. The quantitative estimate of drug-likeness (QED) is 0.607. The molecule has 2 aromatic carbocycles.